The van der Waals surface area contributed by atoms with Crippen LogP contribution in [0.2, 0.25) is 0 Å². The van der Waals surface area contributed by atoms with Crippen LogP contribution in [0, 0.1) is 6.92 Å². The standard InChI is InChI=1S/C21H22BrN7O2/c1-14-6-7-17(16(22)12-14)24-19-25-20(27-21(26-19)29-8-10-31-11-9-29)28-23-13-15-4-2-3-5-18(15)30/h2-7,12-13,30H,8-11H2,1H3,(H2,24,25,26,27,28)/b23-13-. The molecule has 1 aliphatic rings. The first-order valence-corrected chi connectivity index (χ1v) is 10.6. The minimum absolute atomic E-state index is 0.143. The zero-order chi connectivity index (χ0) is 21.6. The van der Waals surface area contributed by atoms with E-state index >= 15 is 0 Å². The van der Waals surface area contributed by atoms with Crippen LogP contribution in [0.1, 0.15) is 11.1 Å². The van der Waals surface area contributed by atoms with E-state index in [1.165, 1.54) is 6.21 Å². The summed E-state index contributed by atoms with van der Waals surface area (Å²) in [6, 6.07) is 12.9. The van der Waals surface area contributed by atoms with Crippen LogP contribution in [0.4, 0.5) is 23.5 Å². The lowest BCUT2D eigenvalue weighted by molar-refractivity contribution is 0.122. The van der Waals surface area contributed by atoms with E-state index in [2.05, 4.69) is 46.7 Å². The first kappa shape index (κ1) is 21.0. The van der Waals surface area contributed by atoms with E-state index in [1.54, 1.807) is 18.2 Å². The van der Waals surface area contributed by atoms with Crippen molar-refractivity contribution in [2.24, 2.45) is 5.10 Å². The number of phenols is 1. The molecule has 0 bridgehead atoms. The molecule has 0 saturated carbocycles. The van der Waals surface area contributed by atoms with Crippen molar-refractivity contribution in [2.75, 3.05) is 41.9 Å². The maximum atomic E-state index is 9.88. The van der Waals surface area contributed by atoms with Crippen LogP contribution in [0.15, 0.2) is 52.0 Å². The van der Waals surface area contributed by atoms with E-state index in [9.17, 15) is 5.11 Å². The molecule has 0 amide bonds. The van der Waals surface area contributed by atoms with Gasteiger partial charge in [0.05, 0.1) is 25.1 Å². The molecule has 3 N–H and O–H groups in total. The molecule has 9 nitrogen and oxygen atoms in total. The third kappa shape index (κ3) is 5.47. The van der Waals surface area contributed by atoms with E-state index in [-0.39, 0.29) is 11.7 Å². The summed E-state index contributed by atoms with van der Waals surface area (Å²) in [5, 5.41) is 17.3. The molecule has 1 saturated heterocycles. The van der Waals surface area contributed by atoms with Gasteiger partial charge in [0.2, 0.25) is 17.8 Å². The van der Waals surface area contributed by atoms with Gasteiger partial charge in [0, 0.05) is 23.1 Å². The lowest BCUT2D eigenvalue weighted by Gasteiger charge is -2.27. The van der Waals surface area contributed by atoms with Crippen molar-refractivity contribution in [1.29, 1.82) is 0 Å². The number of benzene rings is 2. The summed E-state index contributed by atoms with van der Waals surface area (Å²) in [6.07, 6.45) is 1.51. The first-order chi connectivity index (χ1) is 15.1. The molecule has 3 aromatic rings. The number of nitrogens with one attached hydrogen (secondary N) is 2. The number of aromatic hydroxyl groups is 1. The van der Waals surface area contributed by atoms with Gasteiger partial charge in [-0.25, -0.2) is 5.43 Å². The number of hydrazone groups is 1. The number of hydrogen-bond donors (Lipinski definition) is 3. The number of hydrogen-bond acceptors (Lipinski definition) is 9. The number of nitrogens with zero attached hydrogens (tertiary/aromatic N) is 5. The first-order valence-electron chi connectivity index (χ1n) is 9.77. The quantitative estimate of drug-likeness (QED) is 0.360. The van der Waals surface area contributed by atoms with Crippen molar-refractivity contribution in [3.05, 3.63) is 58.1 Å². The van der Waals surface area contributed by atoms with Crippen LogP contribution in [0.3, 0.4) is 0 Å². The Morgan fingerprint density at radius 2 is 1.87 bits per heavy atom. The highest BCUT2D eigenvalue weighted by atomic mass is 79.9. The zero-order valence-corrected chi connectivity index (χ0v) is 18.5. The average molecular weight is 484 g/mol. The van der Waals surface area contributed by atoms with Crippen LogP contribution in [-0.4, -0.2) is 52.6 Å². The van der Waals surface area contributed by atoms with Gasteiger partial charge >= 0.3 is 0 Å². The molecule has 0 unspecified atom stereocenters. The maximum absolute atomic E-state index is 9.88. The fraction of sp³-hybridized carbons (Fsp3) is 0.238. The fourth-order valence-electron chi connectivity index (χ4n) is 2.97. The summed E-state index contributed by atoms with van der Waals surface area (Å²) in [5.41, 5.74) is 5.40. The van der Waals surface area contributed by atoms with Crippen molar-refractivity contribution in [3.63, 3.8) is 0 Å². The van der Waals surface area contributed by atoms with Crippen molar-refractivity contribution in [1.82, 2.24) is 15.0 Å². The molecular formula is C21H22BrN7O2. The monoisotopic (exact) mass is 483 g/mol. The summed E-state index contributed by atoms with van der Waals surface area (Å²) in [7, 11) is 0. The molecule has 0 spiro atoms. The Morgan fingerprint density at radius 1 is 1.10 bits per heavy atom. The van der Waals surface area contributed by atoms with Gasteiger partial charge in [0.1, 0.15) is 5.75 Å². The smallest absolute Gasteiger partial charge is 0.250 e. The van der Waals surface area contributed by atoms with Crippen molar-refractivity contribution >= 4 is 45.7 Å². The molecule has 4 rings (SSSR count). The number of phenolic OH excluding ortho intramolecular Hbond substituents is 1. The molecule has 160 valence electrons. The minimum atomic E-state index is 0.143. The van der Waals surface area contributed by atoms with Gasteiger partial charge in [-0.3, -0.25) is 0 Å². The van der Waals surface area contributed by atoms with Crippen LogP contribution < -0.4 is 15.6 Å². The SMILES string of the molecule is Cc1ccc(Nc2nc(N/N=C\c3ccccc3O)nc(N3CCOCC3)n2)c(Br)c1. The number of ether oxygens (including phenoxy) is 1. The normalized spacial score (nSPS) is 14.1. The predicted molar refractivity (Wildman–Crippen MR) is 124 cm³/mol. The van der Waals surface area contributed by atoms with E-state index < -0.39 is 0 Å². The van der Waals surface area contributed by atoms with Crippen molar-refractivity contribution in [2.45, 2.75) is 6.92 Å². The number of rotatable bonds is 6. The van der Waals surface area contributed by atoms with Gasteiger partial charge in [0.25, 0.3) is 0 Å². The Morgan fingerprint density at radius 3 is 2.65 bits per heavy atom. The van der Waals surface area contributed by atoms with Crippen molar-refractivity contribution < 1.29 is 9.84 Å². The van der Waals surface area contributed by atoms with E-state index in [0.717, 1.165) is 15.7 Å². The van der Waals surface area contributed by atoms with E-state index in [4.69, 9.17) is 4.74 Å². The molecular weight excluding hydrogens is 462 g/mol. The number of anilines is 4. The Kier molecular flexibility index (Phi) is 6.58. The lowest BCUT2D eigenvalue weighted by Crippen LogP contribution is -2.37. The van der Waals surface area contributed by atoms with Crippen LogP contribution in [0.5, 0.6) is 5.75 Å². The maximum Gasteiger partial charge on any atom is 0.250 e. The Hall–Kier alpha value is -3.24. The Bertz CT molecular complexity index is 1090. The number of halogens is 1. The topological polar surface area (TPSA) is 108 Å². The fourth-order valence-corrected chi connectivity index (χ4v) is 3.57. The van der Waals surface area contributed by atoms with Gasteiger partial charge in [0.15, 0.2) is 0 Å². The highest BCUT2D eigenvalue weighted by molar-refractivity contribution is 9.10. The molecule has 1 fully saturated rings. The molecule has 2 aromatic carbocycles. The van der Waals surface area contributed by atoms with E-state index in [0.29, 0.717) is 43.8 Å². The van der Waals surface area contributed by atoms with Gasteiger partial charge in [-0.2, -0.15) is 20.1 Å². The van der Waals surface area contributed by atoms with Gasteiger partial charge in [-0.05, 0) is 52.7 Å². The number of aryl methyl sites for hydroxylation is 1. The zero-order valence-electron chi connectivity index (χ0n) is 16.9. The van der Waals surface area contributed by atoms with Gasteiger partial charge in [-0.1, -0.05) is 18.2 Å². The third-order valence-corrected chi connectivity index (χ3v) is 5.25. The number of aromatic nitrogens is 3. The second-order valence-corrected chi connectivity index (χ2v) is 7.77. The van der Waals surface area contributed by atoms with Crippen LogP contribution in [0.25, 0.3) is 0 Å². The average Bonchev–Trinajstić information content (AvgIpc) is 2.78. The minimum Gasteiger partial charge on any atom is -0.507 e. The summed E-state index contributed by atoms with van der Waals surface area (Å²) in [6.45, 7) is 4.65. The summed E-state index contributed by atoms with van der Waals surface area (Å²) < 4.78 is 6.34. The summed E-state index contributed by atoms with van der Waals surface area (Å²) in [5.74, 6) is 1.35. The van der Waals surface area contributed by atoms with Crippen LogP contribution in [-0.2, 0) is 4.74 Å². The molecule has 0 radical (unpaired) electrons. The molecule has 0 atom stereocenters. The van der Waals surface area contributed by atoms with Crippen molar-refractivity contribution in [3.8, 4) is 5.75 Å². The van der Waals surface area contributed by atoms with Gasteiger partial charge < -0.3 is 20.1 Å². The molecule has 0 aliphatic carbocycles. The third-order valence-electron chi connectivity index (χ3n) is 4.59. The summed E-state index contributed by atoms with van der Waals surface area (Å²) in [4.78, 5) is 15.6. The molecule has 1 aromatic heterocycles. The second-order valence-electron chi connectivity index (χ2n) is 6.92. The molecule has 1 aliphatic heterocycles. The number of para-hydroxylation sites is 1. The lowest BCUT2D eigenvalue weighted by atomic mass is 10.2. The molecule has 2 heterocycles. The Labute approximate surface area is 188 Å². The highest BCUT2D eigenvalue weighted by Crippen LogP contribution is 2.26. The van der Waals surface area contributed by atoms with Crippen LogP contribution >= 0.6 is 15.9 Å². The highest BCUT2D eigenvalue weighted by Gasteiger charge is 2.17. The Balaban J connectivity index is 1.60. The van der Waals surface area contributed by atoms with E-state index in [1.807, 2.05) is 36.1 Å². The summed E-state index contributed by atoms with van der Waals surface area (Å²) >= 11 is 3.57. The second kappa shape index (κ2) is 9.71. The largest absolute Gasteiger partial charge is 0.507 e. The van der Waals surface area contributed by atoms with Gasteiger partial charge in [-0.15, -0.1) is 0 Å². The molecule has 10 heteroatoms. The number of morpholine rings is 1. The molecule has 31 heavy (non-hydrogen) atoms. The predicted octanol–water partition coefficient (Wildman–Crippen LogP) is 3.67.